The summed E-state index contributed by atoms with van der Waals surface area (Å²) in [4.78, 5) is 8.82. The Morgan fingerprint density at radius 2 is 1.68 bits per heavy atom. The topological polar surface area (TPSA) is 49.8 Å². The summed E-state index contributed by atoms with van der Waals surface area (Å²) in [7, 11) is 1.86. The first-order valence-electron chi connectivity index (χ1n) is 6.07. The van der Waals surface area contributed by atoms with Gasteiger partial charge in [-0.25, -0.2) is 9.97 Å². The SMILES string of the molecule is CNc1nc(C)nc(Nc2cc(C)cc(Br)c2)c1C. The lowest BCUT2D eigenvalue weighted by atomic mass is 10.2. The number of halogens is 1. The van der Waals surface area contributed by atoms with Gasteiger partial charge < -0.3 is 10.6 Å². The lowest BCUT2D eigenvalue weighted by Gasteiger charge is -2.13. The fraction of sp³-hybridized carbons (Fsp3) is 0.286. The number of hydrogen-bond donors (Lipinski definition) is 2. The highest BCUT2D eigenvalue weighted by atomic mass is 79.9. The lowest BCUT2D eigenvalue weighted by molar-refractivity contribution is 1.03. The third-order valence-corrected chi connectivity index (χ3v) is 3.26. The van der Waals surface area contributed by atoms with Gasteiger partial charge in [0.25, 0.3) is 0 Å². The second-order valence-corrected chi connectivity index (χ2v) is 5.40. The van der Waals surface area contributed by atoms with E-state index >= 15 is 0 Å². The van der Waals surface area contributed by atoms with Crippen LogP contribution in [0.15, 0.2) is 22.7 Å². The largest absolute Gasteiger partial charge is 0.373 e. The molecule has 2 N–H and O–H groups in total. The first-order valence-corrected chi connectivity index (χ1v) is 6.86. The first-order chi connectivity index (χ1) is 8.99. The second-order valence-electron chi connectivity index (χ2n) is 4.49. The van der Waals surface area contributed by atoms with Crippen LogP contribution in [0.1, 0.15) is 17.0 Å². The van der Waals surface area contributed by atoms with E-state index in [2.05, 4.69) is 55.6 Å². The Bertz CT molecular complexity index is 590. The average molecular weight is 321 g/mol. The summed E-state index contributed by atoms with van der Waals surface area (Å²) >= 11 is 3.50. The third kappa shape index (κ3) is 3.23. The highest BCUT2D eigenvalue weighted by Crippen LogP contribution is 2.26. The predicted octanol–water partition coefficient (Wildman–Crippen LogP) is 3.95. The monoisotopic (exact) mass is 320 g/mol. The standard InChI is InChI=1S/C14H17BrN4/c1-8-5-11(15)7-12(6-8)19-14-9(2)13(16-4)17-10(3)18-14/h5-7H,1-4H3,(H2,16,17,18,19). The molecule has 0 aliphatic carbocycles. The second kappa shape index (κ2) is 5.57. The fourth-order valence-electron chi connectivity index (χ4n) is 1.94. The summed E-state index contributed by atoms with van der Waals surface area (Å²) in [5, 5.41) is 6.43. The van der Waals surface area contributed by atoms with Crippen molar-refractivity contribution in [1.29, 1.82) is 0 Å². The number of nitrogens with zero attached hydrogens (tertiary/aromatic N) is 2. The molecule has 1 aromatic carbocycles. The van der Waals surface area contributed by atoms with Gasteiger partial charge in [0.2, 0.25) is 0 Å². The normalized spacial score (nSPS) is 10.4. The van der Waals surface area contributed by atoms with Gasteiger partial charge in [0, 0.05) is 22.8 Å². The molecule has 0 aliphatic heterocycles. The number of anilines is 3. The van der Waals surface area contributed by atoms with E-state index < -0.39 is 0 Å². The van der Waals surface area contributed by atoms with Crippen LogP contribution in [0.2, 0.25) is 0 Å². The van der Waals surface area contributed by atoms with Crippen molar-refractivity contribution in [3.8, 4) is 0 Å². The zero-order valence-electron chi connectivity index (χ0n) is 11.5. The van der Waals surface area contributed by atoms with Crippen LogP contribution in [-0.2, 0) is 0 Å². The van der Waals surface area contributed by atoms with Crippen LogP contribution in [-0.4, -0.2) is 17.0 Å². The number of rotatable bonds is 3. The molecule has 0 spiro atoms. The summed E-state index contributed by atoms with van der Waals surface area (Å²) in [6.45, 7) is 5.95. The van der Waals surface area contributed by atoms with Crippen molar-refractivity contribution in [1.82, 2.24) is 9.97 Å². The Kier molecular flexibility index (Phi) is 4.04. The molecule has 19 heavy (non-hydrogen) atoms. The number of aromatic nitrogens is 2. The Hall–Kier alpha value is -1.62. The van der Waals surface area contributed by atoms with Crippen molar-refractivity contribution in [2.45, 2.75) is 20.8 Å². The highest BCUT2D eigenvalue weighted by Gasteiger charge is 2.08. The van der Waals surface area contributed by atoms with Gasteiger partial charge in [0.1, 0.15) is 17.5 Å². The van der Waals surface area contributed by atoms with Crippen LogP contribution in [0.3, 0.4) is 0 Å². The van der Waals surface area contributed by atoms with Crippen LogP contribution >= 0.6 is 15.9 Å². The number of aryl methyl sites for hydroxylation is 2. The molecule has 0 saturated carbocycles. The molecule has 2 aromatic rings. The summed E-state index contributed by atoms with van der Waals surface area (Å²) in [5.74, 6) is 2.42. The molecule has 1 heterocycles. The van der Waals surface area contributed by atoms with Gasteiger partial charge >= 0.3 is 0 Å². The molecule has 1 aromatic heterocycles. The van der Waals surface area contributed by atoms with Crippen molar-refractivity contribution in [3.63, 3.8) is 0 Å². The Balaban J connectivity index is 2.40. The molecule has 5 heteroatoms. The number of hydrogen-bond acceptors (Lipinski definition) is 4. The molecule has 4 nitrogen and oxygen atoms in total. The summed E-state index contributed by atoms with van der Waals surface area (Å²) < 4.78 is 1.05. The molecule has 0 unspecified atom stereocenters. The van der Waals surface area contributed by atoms with Crippen LogP contribution < -0.4 is 10.6 Å². The van der Waals surface area contributed by atoms with Gasteiger partial charge in [-0.15, -0.1) is 0 Å². The maximum Gasteiger partial charge on any atom is 0.139 e. The third-order valence-electron chi connectivity index (χ3n) is 2.80. The summed E-state index contributed by atoms with van der Waals surface area (Å²) in [5.41, 5.74) is 3.20. The number of benzene rings is 1. The van der Waals surface area contributed by atoms with E-state index in [9.17, 15) is 0 Å². The van der Waals surface area contributed by atoms with Gasteiger partial charge in [0.15, 0.2) is 0 Å². The molecule has 0 aliphatic rings. The minimum atomic E-state index is 0.740. The van der Waals surface area contributed by atoms with Crippen molar-refractivity contribution >= 4 is 33.3 Å². The van der Waals surface area contributed by atoms with Gasteiger partial charge in [-0.2, -0.15) is 0 Å². The van der Waals surface area contributed by atoms with Crippen molar-refractivity contribution in [2.75, 3.05) is 17.7 Å². The predicted molar refractivity (Wildman–Crippen MR) is 83.2 cm³/mol. The van der Waals surface area contributed by atoms with Crippen molar-refractivity contribution in [2.24, 2.45) is 0 Å². The Morgan fingerprint density at radius 1 is 1.00 bits per heavy atom. The van der Waals surface area contributed by atoms with Crippen molar-refractivity contribution < 1.29 is 0 Å². The van der Waals surface area contributed by atoms with Gasteiger partial charge in [-0.05, 0) is 44.5 Å². The molecular weight excluding hydrogens is 304 g/mol. The van der Waals surface area contributed by atoms with Gasteiger partial charge in [0.05, 0.1) is 0 Å². The van der Waals surface area contributed by atoms with E-state index in [0.717, 1.165) is 33.2 Å². The minimum absolute atomic E-state index is 0.740. The molecule has 0 saturated heterocycles. The lowest BCUT2D eigenvalue weighted by Crippen LogP contribution is -2.05. The molecule has 0 bridgehead atoms. The van der Waals surface area contributed by atoms with Gasteiger partial charge in [-0.3, -0.25) is 0 Å². The molecule has 0 fully saturated rings. The molecule has 2 rings (SSSR count). The maximum absolute atomic E-state index is 4.46. The zero-order valence-corrected chi connectivity index (χ0v) is 13.1. The molecule has 0 atom stereocenters. The first kappa shape index (κ1) is 13.8. The fourth-order valence-corrected chi connectivity index (χ4v) is 2.55. The summed E-state index contributed by atoms with van der Waals surface area (Å²) in [6.07, 6.45) is 0. The number of nitrogens with one attached hydrogen (secondary N) is 2. The van der Waals surface area contributed by atoms with Crippen LogP contribution in [0.5, 0.6) is 0 Å². The zero-order chi connectivity index (χ0) is 14.0. The Morgan fingerprint density at radius 3 is 2.32 bits per heavy atom. The van der Waals surface area contributed by atoms with E-state index in [-0.39, 0.29) is 0 Å². The van der Waals surface area contributed by atoms with E-state index in [1.807, 2.05) is 27.0 Å². The van der Waals surface area contributed by atoms with E-state index in [1.54, 1.807) is 0 Å². The highest BCUT2D eigenvalue weighted by molar-refractivity contribution is 9.10. The van der Waals surface area contributed by atoms with Crippen LogP contribution in [0.4, 0.5) is 17.3 Å². The maximum atomic E-state index is 4.46. The molecular formula is C14H17BrN4. The Labute approximate surface area is 121 Å². The summed E-state index contributed by atoms with van der Waals surface area (Å²) in [6, 6.07) is 6.19. The van der Waals surface area contributed by atoms with E-state index in [0.29, 0.717) is 0 Å². The van der Waals surface area contributed by atoms with E-state index in [4.69, 9.17) is 0 Å². The van der Waals surface area contributed by atoms with Gasteiger partial charge in [-0.1, -0.05) is 15.9 Å². The smallest absolute Gasteiger partial charge is 0.139 e. The quantitative estimate of drug-likeness (QED) is 0.899. The van der Waals surface area contributed by atoms with E-state index in [1.165, 1.54) is 5.56 Å². The molecule has 100 valence electrons. The molecule has 0 radical (unpaired) electrons. The van der Waals surface area contributed by atoms with Crippen LogP contribution in [0.25, 0.3) is 0 Å². The average Bonchev–Trinajstić information content (AvgIpc) is 2.32. The minimum Gasteiger partial charge on any atom is -0.373 e. The molecule has 0 amide bonds. The van der Waals surface area contributed by atoms with Crippen LogP contribution in [0, 0.1) is 20.8 Å². The van der Waals surface area contributed by atoms with Crippen molar-refractivity contribution in [3.05, 3.63) is 39.6 Å².